The average Bonchev–Trinajstić information content (AvgIpc) is 3.05. The zero-order valence-electron chi connectivity index (χ0n) is 24.6. The number of amides is 2. The van der Waals surface area contributed by atoms with Crippen LogP contribution in [0.15, 0.2) is 108 Å². The number of nitrogens with one attached hydrogen (secondary N) is 2. The van der Waals surface area contributed by atoms with Gasteiger partial charge in [-0.25, -0.2) is 10.2 Å². The lowest BCUT2D eigenvalue weighted by Gasteiger charge is -2.13. The minimum Gasteiger partial charge on any atom is -0.493 e. The van der Waals surface area contributed by atoms with E-state index in [1.54, 1.807) is 42.5 Å². The van der Waals surface area contributed by atoms with Crippen LogP contribution in [0.4, 0.5) is 11.4 Å². The molecule has 2 N–H and O–H groups in total. The molecule has 0 saturated heterocycles. The van der Waals surface area contributed by atoms with Crippen LogP contribution in [0.5, 0.6) is 11.5 Å². The second-order valence-electron chi connectivity index (χ2n) is 9.67. The molecule has 0 aromatic heterocycles. The molecule has 4 rings (SSSR count). The van der Waals surface area contributed by atoms with Crippen LogP contribution < -0.4 is 25.1 Å². The Morgan fingerprint density at radius 2 is 1.51 bits per heavy atom. The number of nitrogens with zero attached hydrogens (tertiary/aromatic N) is 3. The minimum atomic E-state index is -0.731. The quantitative estimate of drug-likeness (QED) is 0.0615. The number of nitro benzene ring substituents is 1. The van der Waals surface area contributed by atoms with Crippen molar-refractivity contribution in [2.45, 2.75) is 0 Å². The number of esters is 1. The molecule has 0 spiro atoms. The number of carbonyl (C=O) groups excluding carboxylic acids is 3. The summed E-state index contributed by atoms with van der Waals surface area (Å²) in [6.07, 6.45) is 2.90. The van der Waals surface area contributed by atoms with Gasteiger partial charge in [-0.1, -0.05) is 30.3 Å². The number of anilines is 1. The summed E-state index contributed by atoms with van der Waals surface area (Å²) in [5.41, 5.74) is 4.90. The average molecular weight is 608 g/mol. The van der Waals surface area contributed by atoms with E-state index in [0.29, 0.717) is 16.7 Å². The van der Waals surface area contributed by atoms with Crippen molar-refractivity contribution in [1.29, 1.82) is 0 Å². The maximum Gasteiger partial charge on any atom is 0.343 e. The Balaban J connectivity index is 1.48. The third-order valence-corrected chi connectivity index (χ3v) is 6.33. The van der Waals surface area contributed by atoms with E-state index in [-0.39, 0.29) is 28.4 Å². The third-order valence-electron chi connectivity index (χ3n) is 6.33. The van der Waals surface area contributed by atoms with Gasteiger partial charge in [0.05, 0.1) is 23.8 Å². The van der Waals surface area contributed by atoms with E-state index in [4.69, 9.17) is 9.47 Å². The summed E-state index contributed by atoms with van der Waals surface area (Å²) in [5, 5.41) is 17.5. The molecule has 0 aliphatic rings. The number of rotatable bonds is 11. The van der Waals surface area contributed by atoms with Crippen molar-refractivity contribution in [3.05, 3.63) is 135 Å². The molecule has 0 aliphatic carbocycles. The van der Waals surface area contributed by atoms with Crippen molar-refractivity contribution >= 4 is 41.4 Å². The van der Waals surface area contributed by atoms with Gasteiger partial charge in [0.25, 0.3) is 17.5 Å². The fraction of sp³-hybridized carbons (Fsp3) is 0.0909. The number of hydrogen-bond acceptors (Lipinski definition) is 9. The molecule has 0 aliphatic heterocycles. The van der Waals surface area contributed by atoms with Crippen LogP contribution in [0.25, 0.3) is 6.08 Å². The number of carbonyl (C=O) groups is 3. The van der Waals surface area contributed by atoms with Crippen molar-refractivity contribution in [2.24, 2.45) is 5.10 Å². The van der Waals surface area contributed by atoms with Crippen LogP contribution in [-0.2, 0) is 4.79 Å². The summed E-state index contributed by atoms with van der Waals surface area (Å²) in [6.45, 7) is 0. The summed E-state index contributed by atoms with van der Waals surface area (Å²) in [4.78, 5) is 50.8. The molecule has 0 bridgehead atoms. The first-order valence-corrected chi connectivity index (χ1v) is 13.5. The Labute approximate surface area is 258 Å². The Morgan fingerprint density at radius 3 is 2.13 bits per heavy atom. The van der Waals surface area contributed by atoms with Crippen LogP contribution >= 0.6 is 0 Å². The number of hydrogen-bond donors (Lipinski definition) is 2. The SMILES string of the molecule is COc1cc(C=NNC(=O)C(=Cc2ccc(N(C)C)cc2)NC(=O)c2ccccc2)ccc1OC(=O)c1ccc([N+](=O)[O-])cc1. The van der Waals surface area contributed by atoms with E-state index in [1.807, 2.05) is 43.3 Å². The first-order valence-electron chi connectivity index (χ1n) is 13.5. The van der Waals surface area contributed by atoms with E-state index in [9.17, 15) is 24.5 Å². The molecule has 12 nitrogen and oxygen atoms in total. The molecular formula is C33H29N5O7. The maximum atomic E-state index is 13.1. The van der Waals surface area contributed by atoms with Gasteiger partial charge in [0.2, 0.25) is 0 Å². The highest BCUT2D eigenvalue weighted by Gasteiger charge is 2.16. The highest BCUT2D eigenvalue weighted by molar-refractivity contribution is 6.05. The molecule has 4 aromatic carbocycles. The lowest BCUT2D eigenvalue weighted by Crippen LogP contribution is -2.32. The summed E-state index contributed by atoms with van der Waals surface area (Å²) in [7, 11) is 5.22. The minimum absolute atomic E-state index is 0.0234. The predicted molar refractivity (Wildman–Crippen MR) is 169 cm³/mol. The van der Waals surface area contributed by atoms with Gasteiger partial charge >= 0.3 is 5.97 Å². The van der Waals surface area contributed by atoms with Crippen molar-refractivity contribution in [3.63, 3.8) is 0 Å². The van der Waals surface area contributed by atoms with Gasteiger partial charge in [0.15, 0.2) is 11.5 Å². The van der Waals surface area contributed by atoms with Gasteiger partial charge in [0.1, 0.15) is 5.70 Å². The van der Waals surface area contributed by atoms with Gasteiger partial charge in [0, 0.05) is 37.5 Å². The molecule has 0 heterocycles. The number of benzene rings is 4. The summed E-state index contributed by atoms with van der Waals surface area (Å²) < 4.78 is 10.7. The first-order chi connectivity index (χ1) is 21.6. The second-order valence-corrected chi connectivity index (χ2v) is 9.67. The lowest BCUT2D eigenvalue weighted by atomic mass is 10.1. The van der Waals surface area contributed by atoms with Gasteiger partial charge in [-0.2, -0.15) is 5.10 Å². The molecule has 2 amide bonds. The number of non-ortho nitro benzene ring substituents is 1. The van der Waals surface area contributed by atoms with Gasteiger partial charge < -0.3 is 19.7 Å². The zero-order chi connectivity index (χ0) is 32.3. The van der Waals surface area contributed by atoms with Crippen LogP contribution in [0.2, 0.25) is 0 Å². The topological polar surface area (TPSA) is 152 Å². The van der Waals surface area contributed by atoms with Gasteiger partial charge in [-0.05, 0) is 71.8 Å². The van der Waals surface area contributed by atoms with Crippen molar-refractivity contribution in [1.82, 2.24) is 10.7 Å². The molecule has 0 fully saturated rings. The summed E-state index contributed by atoms with van der Waals surface area (Å²) >= 11 is 0. The molecule has 4 aromatic rings. The van der Waals surface area contributed by atoms with E-state index in [0.717, 1.165) is 5.69 Å². The molecule has 0 saturated carbocycles. The highest BCUT2D eigenvalue weighted by atomic mass is 16.6. The Kier molecular flexibility index (Phi) is 10.4. The molecule has 12 heteroatoms. The van der Waals surface area contributed by atoms with Crippen molar-refractivity contribution in [2.75, 3.05) is 26.1 Å². The van der Waals surface area contributed by atoms with Crippen LogP contribution in [-0.4, -0.2) is 50.1 Å². The monoisotopic (exact) mass is 607 g/mol. The molecular weight excluding hydrogens is 578 g/mol. The smallest absolute Gasteiger partial charge is 0.343 e. The van der Waals surface area contributed by atoms with Crippen LogP contribution in [0, 0.1) is 10.1 Å². The Bertz CT molecular complexity index is 1750. The van der Waals surface area contributed by atoms with Crippen molar-refractivity contribution in [3.8, 4) is 11.5 Å². The number of methoxy groups -OCH3 is 1. The summed E-state index contributed by atoms with van der Waals surface area (Å²) in [5.74, 6) is -1.54. The fourth-order valence-electron chi connectivity index (χ4n) is 3.93. The fourth-order valence-corrected chi connectivity index (χ4v) is 3.93. The maximum absolute atomic E-state index is 13.1. The number of ether oxygens (including phenoxy) is 2. The summed E-state index contributed by atoms with van der Waals surface area (Å²) in [6, 6.07) is 25.5. The van der Waals surface area contributed by atoms with E-state index in [1.165, 1.54) is 49.7 Å². The lowest BCUT2D eigenvalue weighted by molar-refractivity contribution is -0.384. The van der Waals surface area contributed by atoms with Crippen LogP contribution in [0.3, 0.4) is 0 Å². The molecule has 0 radical (unpaired) electrons. The van der Waals surface area contributed by atoms with Gasteiger partial charge in [-0.15, -0.1) is 0 Å². The molecule has 0 unspecified atom stereocenters. The highest BCUT2D eigenvalue weighted by Crippen LogP contribution is 2.28. The predicted octanol–water partition coefficient (Wildman–Crippen LogP) is 4.81. The van der Waals surface area contributed by atoms with Gasteiger partial charge in [-0.3, -0.25) is 19.7 Å². The molecule has 228 valence electrons. The first kappa shape index (κ1) is 31.6. The largest absolute Gasteiger partial charge is 0.493 e. The van der Waals surface area contributed by atoms with E-state index >= 15 is 0 Å². The number of nitro groups is 1. The number of hydrazone groups is 1. The Morgan fingerprint density at radius 1 is 0.844 bits per heavy atom. The molecule has 0 atom stereocenters. The Hall–Kier alpha value is -6.30. The third kappa shape index (κ3) is 8.61. The van der Waals surface area contributed by atoms with Crippen LogP contribution in [0.1, 0.15) is 31.8 Å². The molecule has 45 heavy (non-hydrogen) atoms. The normalized spacial score (nSPS) is 11.0. The van der Waals surface area contributed by atoms with E-state index < -0.39 is 22.7 Å². The second kappa shape index (κ2) is 14.7. The van der Waals surface area contributed by atoms with E-state index in [2.05, 4.69) is 15.8 Å². The van der Waals surface area contributed by atoms with Crippen molar-refractivity contribution < 1.29 is 28.8 Å². The zero-order valence-corrected chi connectivity index (χ0v) is 24.6. The standard InChI is InChI=1S/C33H29N5O7/c1-37(2)26-14-9-22(10-15-26)19-28(35-31(39)24-7-5-4-6-8-24)32(40)36-34-21-23-11-18-29(30(20-23)44-3)45-33(41)25-12-16-27(17-13-25)38(42)43/h4-21H,1-3H3,(H,35,39)(H,36,40).